The van der Waals surface area contributed by atoms with Crippen LogP contribution >= 0.6 is 0 Å². The Bertz CT molecular complexity index is 547. The number of nitrogens with one attached hydrogen (secondary N) is 1. The van der Waals surface area contributed by atoms with Crippen molar-refractivity contribution in [2.24, 2.45) is 16.6 Å². The molecule has 1 aromatic carbocycles. The molecule has 22 heavy (non-hydrogen) atoms. The van der Waals surface area contributed by atoms with Gasteiger partial charge >= 0.3 is 12.3 Å². The van der Waals surface area contributed by atoms with E-state index in [0.29, 0.717) is 0 Å². The number of guanidine groups is 1. The highest BCUT2D eigenvalue weighted by Gasteiger charge is 2.32. The van der Waals surface area contributed by atoms with Crippen molar-refractivity contribution in [1.29, 1.82) is 0 Å². The van der Waals surface area contributed by atoms with Crippen molar-refractivity contribution in [1.82, 2.24) is 0 Å². The second-order valence-electron chi connectivity index (χ2n) is 4.32. The predicted molar refractivity (Wildman–Crippen MR) is 74.4 cm³/mol. The van der Waals surface area contributed by atoms with Gasteiger partial charge in [-0.25, -0.2) is 0 Å². The van der Waals surface area contributed by atoms with Gasteiger partial charge in [0.1, 0.15) is 0 Å². The van der Waals surface area contributed by atoms with Crippen LogP contribution in [0.1, 0.15) is 6.92 Å². The van der Waals surface area contributed by atoms with E-state index in [1.54, 1.807) is 6.92 Å². The number of aliphatic imine (C=N–C) groups is 1. The maximum Gasteiger partial charge on any atom is 0.573 e. The number of nitrogens with zero attached hydrogens (tertiary/aromatic N) is 1. The molecule has 0 amide bonds. The summed E-state index contributed by atoms with van der Waals surface area (Å²) in [5, 5.41) is 2.50. The zero-order valence-electron chi connectivity index (χ0n) is 12.0. The molecule has 3 N–H and O–H groups in total. The fourth-order valence-corrected chi connectivity index (χ4v) is 1.47. The van der Waals surface area contributed by atoms with Crippen LogP contribution < -0.4 is 15.8 Å². The second-order valence-corrected chi connectivity index (χ2v) is 4.32. The van der Waals surface area contributed by atoms with Gasteiger partial charge < -0.3 is 20.5 Å². The van der Waals surface area contributed by atoms with Crippen LogP contribution in [0.4, 0.5) is 18.9 Å². The van der Waals surface area contributed by atoms with Crippen LogP contribution in [0.3, 0.4) is 0 Å². The Kier molecular flexibility index (Phi) is 6.02. The number of para-hydroxylation sites is 2. The van der Waals surface area contributed by atoms with Gasteiger partial charge in [-0.05, 0) is 12.1 Å². The number of carbonyl (C=O) groups is 1. The topological polar surface area (TPSA) is 85.9 Å². The molecule has 0 aromatic heterocycles. The van der Waals surface area contributed by atoms with E-state index in [9.17, 15) is 18.0 Å². The number of ether oxygens (including phenoxy) is 2. The lowest BCUT2D eigenvalue weighted by molar-refractivity contribution is -0.274. The number of rotatable bonds is 5. The third-order valence-electron chi connectivity index (χ3n) is 2.51. The zero-order valence-corrected chi connectivity index (χ0v) is 12.0. The first-order valence-electron chi connectivity index (χ1n) is 6.22. The minimum absolute atomic E-state index is 0.00629. The number of carbonyl (C=O) groups excluding carboxylic acids is 1. The van der Waals surface area contributed by atoms with Crippen molar-refractivity contribution in [2.45, 2.75) is 13.3 Å². The van der Waals surface area contributed by atoms with Crippen molar-refractivity contribution in [2.75, 3.05) is 19.0 Å². The van der Waals surface area contributed by atoms with Gasteiger partial charge in [0.2, 0.25) is 0 Å². The minimum Gasteiger partial charge on any atom is -0.469 e. The molecule has 0 heterocycles. The first kappa shape index (κ1) is 17.6. The van der Waals surface area contributed by atoms with E-state index in [1.165, 1.54) is 25.3 Å². The SMILES string of the molecule is COC(=O)C(C)CN=C(N)Nc1ccccc1OC(F)(F)F. The van der Waals surface area contributed by atoms with E-state index in [1.807, 2.05) is 0 Å². The van der Waals surface area contributed by atoms with Gasteiger partial charge in [-0.15, -0.1) is 13.2 Å². The largest absolute Gasteiger partial charge is 0.573 e. The summed E-state index contributed by atoms with van der Waals surface area (Å²) in [6.07, 6.45) is -4.82. The van der Waals surface area contributed by atoms with E-state index in [2.05, 4.69) is 19.8 Å². The average Bonchev–Trinajstić information content (AvgIpc) is 2.44. The molecule has 1 atom stereocenters. The zero-order chi connectivity index (χ0) is 16.8. The number of anilines is 1. The molecular weight excluding hydrogens is 303 g/mol. The summed E-state index contributed by atoms with van der Waals surface area (Å²) in [5.41, 5.74) is 5.58. The van der Waals surface area contributed by atoms with Gasteiger partial charge in [0.05, 0.1) is 25.3 Å². The monoisotopic (exact) mass is 319 g/mol. The third kappa shape index (κ3) is 5.90. The molecule has 0 spiro atoms. The number of halogens is 3. The lowest BCUT2D eigenvalue weighted by atomic mass is 10.2. The van der Waals surface area contributed by atoms with E-state index in [-0.39, 0.29) is 18.2 Å². The Morgan fingerprint density at radius 1 is 1.41 bits per heavy atom. The first-order chi connectivity index (χ1) is 10.2. The van der Waals surface area contributed by atoms with Gasteiger partial charge in [0.25, 0.3) is 0 Å². The normalized spacial score (nSPS) is 13.4. The van der Waals surface area contributed by atoms with E-state index in [4.69, 9.17) is 5.73 Å². The van der Waals surface area contributed by atoms with Crippen LogP contribution in [0, 0.1) is 5.92 Å². The Hall–Kier alpha value is -2.45. The first-order valence-corrected chi connectivity index (χ1v) is 6.22. The quantitative estimate of drug-likeness (QED) is 0.493. The molecule has 0 aliphatic carbocycles. The smallest absolute Gasteiger partial charge is 0.469 e. The van der Waals surface area contributed by atoms with Crippen LogP contribution in [0.2, 0.25) is 0 Å². The highest BCUT2D eigenvalue weighted by molar-refractivity contribution is 5.93. The van der Waals surface area contributed by atoms with Gasteiger partial charge in [-0.3, -0.25) is 9.79 Å². The van der Waals surface area contributed by atoms with Gasteiger partial charge in [0.15, 0.2) is 11.7 Å². The van der Waals surface area contributed by atoms with Gasteiger partial charge in [-0.1, -0.05) is 19.1 Å². The Labute approximate surface area is 125 Å². The lowest BCUT2D eigenvalue weighted by Gasteiger charge is -2.14. The van der Waals surface area contributed by atoms with Gasteiger partial charge in [0, 0.05) is 0 Å². The molecule has 1 unspecified atom stereocenters. The second kappa shape index (κ2) is 7.53. The summed E-state index contributed by atoms with van der Waals surface area (Å²) in [6, 6.07) is 5.39. The van der Waals surface area contributed by atoms with Crippen molar-refractivity contribution < 1.29 is 27.4 Å². The highest BCUT2D eigenvalue weighted by Crippen LogP contribution is 2.29. The number of alkyl halides is 3. The molecule has 6 nitrogen and oxygen atoms in total. The molecule has 0 saturated carbocycles. The summed E-state index contributed by atoms with van der Waals surface area (Å²) in [6.45, 7) is 1.62. The molecule has 0 aliphatic heterocycles. The number of nitrogens with two attached hydrogens (primary N) is 1. The Morgan fingerprint density at radius 3 is 2.64 bits per heavy atom. The third-order valence-corrected chi connectivity index (χ3v) is 2.51. The van der Waals surface area contributed by atoms with Crippen LogP contribution in [-0.2, 0) is 9.53 Å². The van der Waals surface area contributed by atoms with Crippen LogP contribution in [0.15, 0.2) is 29.3 Å². The fraction of sp³-hybridized carbons (Fsp3) is 0.385. The molecule has 1 rings (SSSR count). The van der Waals surface area contributed by atoms with Crippen molar-refractivity contribution in [3.63, 3.8) is 0 Å². The molecule has 0 radical (unpaired) electrons. The maximum absolute atomic E-state index is 12.3. The predicted octanol–water partition coefficient (Wildman–Crippen LogP) is 2.12. The molecular formula is C13H16F3N3O3. The molecule has 9 heteroatoms. The lowest BCUT2D eigenvalue weighted by Crippen LogP contribution is -2.26. The highest BCUT2D eigenvalue weighted by atomic mass is 19.4. The molecule has 0 bridgehead atoms. The van der Waals surface area contributed by atoms with E-state index in [0.717, 1.165) is 6.07 Å². The number of hydrogen-bond acceptors (Lipinski definition) is 4. The van der Waals surface area contributed by atoms with Crippen molar-refractivity contribution in [3.8, 4) is 5.75 Å². The standard InChI is InChI=1S/C13H16F3N3O3/c1-8(11(20)21-2)7-18-12(17)19-9-5-3-4-6-10(9)22-13(14,15)16/h3-6,8H,7H2,1-2H3,(H3,17,18,19). The number of methoxy groups -OCH3 is 1. The number of benzene rings is 1. The molecule has 0 saturated heterocycles. The summed E-state index contributed by atoms with van der Waals surface area (Å²) >= 11 is 0. The van der Waals surface area contributed by atoms with E-state index >= 15 is 0 Å². The van der Waals surface area contributed by atoms with Crippen LogP contribution in [0.5, 0.6) is 5.75 Å². The number of esters is 1. The molecule has 1 aromatic rings. The van der Waals surface area contributed by atoms with Gasteiger partial charge in [-0.2, -0.15) is 0 Å². The summed E-state index contributed by atoms with van der Waals surface area (Å²) in [7, 11) is 1.24. The molecule has 122 valence electrons. The van der Waals surface area contributed by atoms with Crippen LogP contribution in [-0.4, -0.2) is 31.9 Å². The maximum atomic E-state index is 12.3. The van der Waals surface area contributed by atoms with E-state index < -0.39 is 24.0 Å². The Balaban J connectivity index is 2.76. The fourth-order valence-electron chi connectivity index (χ4n) is 1.47. The summed E-state index contributed by atoms with van der Waals surface area (Å²) in [4.78, 5) is 15.1. The molecule has 0 aliphatic rings. The summed E-state index contributed by atoms with van der Waals surface area (Å²) < 4.78 is 45.2. The Morgan fingerprint density at radius 2 is 2.05 bits per heavy atom. The average molecular weight is 319 g/mol. The minimum atomic E-state index is -4.82. The van der Waals surface area contributed by atoms with Crippen molar-refractivity contribution >= 4 is 17.6 Å². The van der Waals surface area contributed by atoms with Crippen molar-refractivity contribution in [3.05, 3.63) is 24.3 Å². The van der Waals surface area contributed by atoms with Crippen LogP contribution in [0.25, 0.3) is 0 Å². The molecule has 0 fully saturated rings. The summed E-state index contributed by atoms with van der Waals surface area (Å²) in [5.74, 6) is -1.56. The number of hydrogen-bond donors (Lipinski definition) is 2.